The van der Waals surface area contributed by atoms with Gasteiger partial charge < -0.3 is 18.9 Å². The summed E-state index contributed by atoms with van der Waals surface area (Å²) in [5, 5.41) is 4.09. The Morgan fingerprint density at radius 2 is 1.94 bits per heavy atom. The van der Waals surface area contributed by atoms with E-state index in [2.05, 4.69) is 58.3 Å². The van der Waals surface area contributed by atoms with E-state index in [0.29, 0.717) is 11.9 Å². The van der Waals surface area contributed by atoms with Crippen LogP contribution in [0.5, 0.6) is 5.75 Å². The summed E-state index contributed by atoms with van der Waals surface area (Å²) < 4.78 is 19.4. The fourth-order valence-electron chi connectivity index (χ4n) is 4.56. The Bertz CT molecular complexity index is 877. The number of ether oxygens (including phenoxy) is 2. The van der Waals surface area contributed by atoms with Gasteiger partial charge >= 0.3 is 6.01 Å². The molecule has 8 heteroatoms. The van der Waals surface area contributed by atoms with Gasteiger partial charge in [0.2, 0.25) is 0 Å². The Hall–Kier alpha value is -1.77. The third-order valence-electron chi connectivity index (χ3n) is 6.79. The lowest BCUT2D eigenvalue weighted by atomic mass is 9.92. The van der Waals surface area contributed by atoms with Crippen molar-refractivity contribution in [2.24, 2.45) is 5.92 Å². The van der Waals surface area contributed by atoms with Crippen LogP contribution in [0, 0.1) is 12.8 Å². The predicted octanol–water partition coefficient (Wildman–Crippen LogP) is 5.10. The van der Waals surface area contributed by atoms with Crippen LogP contribution < -0.4 is 9.64 Å². The molecule has 1 aromatic carbocycles. The summed E-state index contributed by atoms with van der Waals surface area (Å²) >= 11 is 1.94. The van der Waals surface area contributed by atoms with E-state index in [-0.39, 0.29) is 0 Å². The van der Waals surface area contributed by atoms with Gasteiger partial charge in [0.15, 0.2) is 5.82 Å². The molecule has 2 saturated heterocycles. The Morgan fingerprint density at radius 3 is 2.65 bits per heavy atom. The average molecular weight is 489 g/mol. The third kappa shape index (κ3) is 7.36. The molecule has 34 heavy (non-hydrogen) atoms. The van der Waals surface area contributed by atoms with Gasteiger partial charge in [-0.2, -0.15) is 4.98 Å². The minimum atomic E-state index is 0.300. The van der Waals surface area contributed by atoms with Crippen molar-refractivity contribution >= 4 is 18.0 Å². The average Bonchev–Trinajstić information content (AvgIpc) is 3.35. The van der Waals surface area contributed by atoms with E-state index in [9.17, 15) is 0 Å². The molecule has 188 valence electrons. The number of aromatic nitrogens is 2. The Kier molecular flexibility index (Phi) is 9.53. The molecule has 7 nitrogen and oxygen atoms in total. The minimum Gasteiger partial charge on any atom is -0.494 e. The molecule has 2 aliphatic heterocycles. The van der Waals surface area contributed by atoms with Crippen LogP contribution in [0.25, 0.3) is 0 Å². The number of aryl methyl sites for hydroxylation is 2. The Balaban J connectivity index is 1.11. The highest BCUT2D eigenvalue weighted by Crippen LogP contribution is 2.26. The summed E-state index contributed by atoms with van der Waals surface area (Å²) in [6.07, 6.45) is 5.75. The first-order valence-electron chi connectivity index (χ1n) is 12.8. The molecule has 2 aromatic rings. The van der Waals surface area contributed by atoms with E-state index < -0.39 is 0 Å². The quantitative estimate of drug-likeness (QED) is 0.320. The molecule has 0 N–H and O–H groups in total. The number of morpholine rings is 1. The van der Waals surface area contributed by atoms with Crippen molar-refractivity contribution in [1.82, 2.24) is 14.4 Å². The van der Waals surface area contributed by atoms with E-state index in [1.165, 1.54) is 30.4 Å². The van der Waals surface area contributed by atoms with Crippen LogP contribution in [0.1, 0.15) is 62.4 Å². The summed E-state index contributed by atoms with van der Waals surface area (Å²) in [5.41, 5.74) is 2.75. The van der Waals surface area contributed by atoms with Crippen LogP contribution in [-0.2, 0) is 11.2 Å². The number of rotatable bonds is 11. The van der Waals surface area contributed by atoms with E-state index in [1.807, 2.05) is 11.9 Å². The molecule has 0 amide bonds. The monoisotopic (exact) mass is 488 g/mol. The van der Waals surface area contributed by atoms with Crippen LogP contribution in [-0.4, -0.2) is 66.2 Å². The standard InChI is InChI=1S/C26H40N4O3S/c1-20(2)25-27-26(33-28-25)29-11-8-22(9-12-29)5-4-15-32-24-7-6-23(21(3)19-24)10-18-34-30-13-16-31-17-14-30/h6-7,19-20,22H,4-5,8-18H2,1-3H3. The molecule has 1 aromatic heterocycles. The van der Waals surface area contributed by atoms with E-state index in [1.54, 1.807) is 0 Å². The lowest BCUT2D eigenvalue weighted by Gasteiger charge is -2.30. The van der Waals surface area contributed by atoms with E-state index in [0.717, 1.165) is 82.1 Å². The zero-order chi connectivity index (χ0) is 23.8. The normalized spacial score (nSPS) is 18.1. The van der Waals surface area contributed by atoms with Crippen molar-refractivity contribution in [1.29, 1.82) is 0 Å². The summed E-state index contributed by atoms with van der Waals surface area (Å²) in [6, 6.07) is 7.26. The summed E-state index contributed by atoms with van der Waals surface area (Å²) in [7, 11) is 0. The van der Waals surface area contributed by atoms with Gasteiger partial charge in [0.1, 0.15) is 5.75 Å². The maximum atomic E-state index is 6.08. The second kappa shape index (κ2) is 12.8. The number of hydrogen-bond donors (Lipinski definition) is 0. The highest BCUT2D eigenvalue weighted by atomic mass is 32.2. The first kappa shape index (κ1) is 25.3. The maximum Gasteiger partial charge on any atom is 0.324 e. The summed E-state index contributed by atoms with van der Waals surface area (Å²) in [6.45, 7) is 12.9. The number of piperidine rings is 1. The maximum absolute atomic E-state index is 6.08. The van der Waals surface area contributed by atoms with Crippen LogP contribution in [0.3, 0.4) is 0 Å². The fourth-order valence-corrected chi connectivity index (χ4v) is 5.54. The second-order valence-electron chi connectivity index (χ2n) is 9.72. The molecule has 4 rings (SSSR count). The van der Waals surface area contributed by atoms with Gasteiger partial charge in [-0.05, 0) is 68.2 Å². The zero-order valence-electron chi connectivity index (χ0n) is 21.0. The fraction of sp³-hybridized carbons (Fsp3) is 0.692. The van der Waals surface area contributed by atoms with Crippen molar-refractivity contribution in [2.75, 3.05) is 56.7 Å². The predicted molar refractivity (Wildman–Crippen MR) is 138 cm³/mol. The van der Waals surface area contributed by atoms with E-state index in [4.69, 9.17) is 14.0 Å². The number of nitrogens with zero attached hydrogens (tertiary/aromatic N) is 4. The lowest BCUT2D eigenvalue weighted by Crippen LogP contribution is -2.34. The van der Waals surface area contributed by atoms with Crippen molar-refractivity contribution in [3.8, 4) is 5.75 Å². The van der Waals surface area contributed by atoms with Crippen molar-refractivity contribution < 1.29 is 14.0 Å². The van der Waals surface area contributed by atoms with Crippen molar-refractivity contribution in [3.05, 3.63) is 35.2 Å². The zero-order valence-corrected chi connectivity index (χ0v) is 21.8. The van der Waals surface area contributed by atoms with Crippen LogP contribution in [0.15, 0.2) is 22.7 Å². The molecule has 2 fully saturated rings. The molecule has 0 bridgehead atoms. The molecule has 0 atom stereocenters. The van der Waals surface area contributed by atoms with Gasteiger partial charge in [0, 0.05) is 37.8 Å². The van der Waals surface area contributed by atoms with Gasteiger partial charge in [-0.25, -0.2) is 4.31 Å². The van der Waals surface area contributed by atoms with Gasteiger partial charge in [-0.3, -0.25) is 0 Å². The number of anilines is 1. The summed E-state index contributed by atoms with van der Waals surface area (Å²) in [4.78, 5) is 6.77. The summed E-state index contributed by atoms with van der Waals surface area (Å²) in [5.74, 6) is 3.96. The Morgan fingerprint density at radius 1 is 1.15 bits per heavy atom. The van der Waals surface area contributed by atoms with Gasteiger partial charge in [-0.15, -0.1) is 0 Å². The largest absolute Gasteiger partial charge is 0.494 e. The number of hydrogen-bond acceptors (Lipinski definition) is 8. The first-order valence-corrected chi connectivity index (χ1v) is 13.8. The lowest BCUT2D eigenvalue weighted by molar-refractivity contribution is 0.0773. The Labute approximate surface area is 208 Å². The van der Waals surface area contributed by atoms with Crippen LogP contribution in [0.2, 0.25) is 0 Å². The topological polar surface area (TPSA) is 63.9 Å². The first-order chi connectivity index (χ1) is 16.6. The number of benzene rings is 1. The SMILES string of the molecule is Cc1cc(OCCCC2CCN(c3nc(C(C)C)no3)CC2)ccc1CCSN1CCOCC1. The highest BCUT2D eigenvalue weighted by Gasteiger charge is 2.23. The minimum absolute atomic E-state index is 0.300. The molecule has 0 aliphatic carbocycles. The molecular formula is C26H40N4O3S. The van der Waals surface area contributed by atoms with Crippen molar-refractivity contribution in [3.63, 3.8) is 0 Å². The molecule has 2 aliphatic rings. The van der Waals surface area contributed by atoms with Gasteiger partial charge in [0.05, 0.1) is 19.8 Å². The molecule has 0 saturated carbocycles. The molecular weight excluding hydrogens is 448 g/mol. The molecule has 0 spiro atoms. The van der Waals surface area contributed by atoms with E-state index >= 15 is 0 Å². The van der Waals surface area contributed by atoms with Crippen LogP contribution >= 0.6 is 11.9 Å². The van der Waals surface area contributed by atoms with Crippen molar-refractivity contribution in [2.45, 2.75) is 58.8 Å². The third-order valence-corrected chi connectivity index (χ3v) is 7.90. The van der Waals surface area contributed by atoms with Crippen LogP contribution in [0.4, 0.5) is 6.01 Å². The van der Waals surface area contributed by atoms with Gasteiger partial charge in [0.25, 0.3) is 0 Å². The molecule has 0 unspecified atom stereocenters. The molecule has 3 heterocycles. The smallest absolute Gasteiger partial charge is 0.324 e. The highest BCUT2D eigenvalue weighted by molar-refractivity contribution is 7.97. The molecule has 0 radical (unpaired) electrons. The second-order valence-corrected chi connectivity index (χ2v) is 10.9. The van der Waals surface area contributed by atoms with Gasteiger partial charge in [-0.1, -0.05) is 37.0 Å².